The summed E-state index contributed by atoms with van der Waals surface area (Å²) in [7, 11) is -3.06. The Hall–Kier alpha value is -0.680. The van der Waals surface area contributed by atoms with Gasteiger partial charge in [-0.1, -0.05) is 0 Å². The van der Waals surface area contributed by atoms with Gasteiger partial charge in [0.15, 0.2) is 0 Å². The van der Waals surface area contributed by atoms with E-state index in [1.165, 1.54) is 10.6 Å². The normalized spacial score (nSPS) is 21.6. The number of rotatable bonds is 4. The Morgan fingerprint density at radius 1 is 1.38 bits per heavy atom. The van der Waals surface area contributed by atoms with E-state index in [-0.39, 0.29) is 0 Å². The molecule has 0 saturated carbocycles. The van der Waals surface area contributed by atoms with Gasteiger partial charge < -0.3 is 10.6 Å². The van der Waals surface area contributed by atoms with E-state index < -0.39 is 16.1 Å². The zero-order valence-electron chi connectivity index (χ0n) is 9.46. The van der Waals surface area contributed by atoms with Gasteiger partial charge in [-0.25, -0.2) is 8.42 Å². The van der Waals surface area contributed by atoms with Gasteiger partial charge in [0.2, 0.25) is 10.0 Å². The van der Waals surface area contributed by atoms with Crippen LogP contribution in [0.15, 0.2) is 0 Å². The van der Waals surface area contributed by atoms with E-state index in [2.05, 4.69) is 4.90 Å². The summed E-state index contributed by atoms with van der Waals surface area (Å²) in [6.07, 6.45) is 1.86. The summed E-state index contributed by atoms with van der Waals surface area (Å²) in [5, 5.41) is 8.53. The molecule has 0 aromatic carbocycles. The summed E-state index contributed by atoms with van der Waals surface area (Å²) < 4.78 is 24.0. The Labute approximate surface area is 96.7 Å². The van der Waals surface area contributed by atoms with Crippen LogP contribution in [-0.2, 0) is 10.0 Å². The zero-order chi connectivity index (χ0) is 12.2. The molecule has 1 unspecified atom stereocenters. The fourth-order valence-corrected chi connectivity index (χ4v) is 2.50. The van der Waals surface area contributed by atoms with Crippen LogP contribution in [0.25, 0.3) is 0 Å². The van der Waals surface area contributed by atoms with Crippen LogP contribution in [0.3, 0.4) is 0 Å². The van der Waals surface area contributed by atoms with Crippen LogP contribution in [0.4, 0.5) is 0 Å². The van der Waals surface area contributed by atoms with Crippen molar-refractivity contribution >= 4 is 10.0 Å². The first-order chi connectivity index (χ1) is 7.43. The molecule has 16 heavy (non-hydrogen) atoms. The van der Waals surface area contributed by atoms with Gasteiger partial charge in [0.05, 0.1) is 18.4 Å². The van der Waals surface area contributed by atoms with Crippen LogP contribution in [0.2, 0.25) is 0 Å². The van der Waals surface area contributed by atoms with Crippen molar-refractivity contribution in [1.82, 2.24) is 9.21 Å². The van der Waals surface area contributed by atoms with E-state index in [0.29, 0.717) is 32.6 Å². The van der Waals surface area contributed by atoms with Crippen molar-refractivity contribution in [3.8, 4) is 6.07 Å². The molecule has 0 aliphatic carbocycles. The number of nitriles is 1. The monoisotopic (exact) mass is 246 g/mol. The second kappa shape index (κ2) is 5.59. The summed E-state index contributed by atoms with van der Waals surface area (Å²) in [6.45, 7) is 3.24. The quantitative estimate of drug-likeness (QED) is 0.673. The van der Waals surface area contributed by atoms with Crippen molar-refractivity contribution < 1.29 is 8.42 Å². The highest BCUT2D eigenvalue weighted by atomic mass is 32.2. The molecule has 1 heterocycles. The van der Waals surface area contributed by atoms with Gasteiger partial charge in [0.25, 0.3) is 0 Å². The Morgan fingerprint density at radius 3 is 2.38 bits per heavy atom. The summed E-state index contributed by atoms with van der Waals surface area (Å²) in [4.78, 5) is 2.14. The lowest BCUT2D eigenvalue weighted by atomic mass is 10.2. The largest absolute Gasteiger partial charge is 0.316 e. The van der Waals surface area contributed by atoms with Crippen LogP contribution < -0.4 is 5.73 Å². The number of piperazine rings is 1. The molecule has 1 rings (SSSR count). The maximum absolute atomic E-state index is 11.2. The zero-order valence-corrected chi connectivity index (χ0v) is 10.3. The van der Waals surface area contributed by atoms with Crippen LogP contribution in [0.1, 0.15) is 6.42 Å². The molecule has 6 nitrogen and oxygen atoms in total. The van der Waals surface area contributed by atoms with E-state index in [9.17, 15) is 8.42 Å². The molecular weight excluding hydrogens is 228 g/mol. The van der Waals surface area contributed by atoms with Crippen LogP contribution in [0.5, 0.6) is 0 Å². The SMILES string of the molecule is CS(=O)(=O)N1CCN(CCC(N)C#N)CC1. The Balaban J connectivity index is 2.31. The van der Waals surface area contributed by atoms with Gasteiger partial charge in [-0.3, -0.25) is 0 Å². The summed E-state index contributed by atoms with van der Waals surface area (Å²) in [5.74, 6) is 0. The van der Waals surface area contributed by atoms with Crippen molar-refractivity contribution in [3.63, 3.8) is 0 Å². The molecule has 1 aliphatic rings. The number of hydrogen-bond acceptors (Lipinski definition) is 5. The smallest absolute Gasteiger partial charge is 0.211 e. The highest BCUT2D eigenvalue weighted by molar-refractivity contribution is 7.88. The number of nitrogens with zero attached hydrogens (tertiary/aromatic N) is 3. The van der Waals surface area contributed by atoms with Crippen LogP contribution in [0, 0.1) is 11.3 Å². The van der Waals surface area contributed by atoms with E-state index in [4.69, 9.17) is 11.0 Å². The fourth-order valence-electron chi connectivity index (χ4n) is 1.67. The van der Waals surface area contributed by atoms with Gasteiger partial charge in [-0.2, -0.15) is 9.57 Å². The predicted octanol–water partition coefficient (Wildman–Crippen LogP) is -1.20. The molecule has 1 saturated heterocycles. The maximum Gasteiger partial charge on any atom is 0.211 e. The first kappa shape index (κ1) is 13.4. The minimum atomic E-state index is -3.06. The maximum atomic E-state index is 11.2. The molecule has 1 aliphatic heterocycles. The molecular formula is C9H18N4O2S. The van der Waals surface area contributed by atoms with Crippen molar-refractivity contribution in [2.45, 2.75) is 12.5 Å². The first-order valence-corrected chi connectivity index (χ1v) is 7.11. The van der Waals surface area contributed by atoms with Crippen molar-refractivity contribution in [3.05, 3.63) is 0 Å². The number of nitrogens with two attached hydrogens (primary N) is 1. The van der Waals surface area contributed by atoms with Gasteiger partial charge in [-0.05, 0) is 6.42 Å². The lowest BCUT2D eigenvalue weighted by Gasteiger charge is -2.33. The van der Waals surface area contributed by atoms with Gasteiger partial charge in [-0.15, -0.1) is 0 Å². The van der Waals surface area contributed by atoms with Gasteiger partial charge in [0.1, 0.15) is 0 Å². The molecule has 7 heteroatoms. The lowest BCUT2D eigenvalue weighted by molar-refractivity contribution is 0.186. The third kappa shape index (κ3) is 4.06. The lowest BCUT2D eigenvalue weighted by Crippen LogP contribution is -2.48. The van der Waals surface area contributed by atoms with Crippen molar-refractivity contribution in [2.24, 2.45) is 5.73 Å². The van der Waals surface area contributed by atoms with Crippen molar-refractivity contribution in [1.29, 1.82) is 5.26 Å². The third-order valence-corrected chi connectivity index (χ3v) is 4.03. The topological polar surface area (TPSA) is 90.4 Å². The molecule has 1 atom stereocenters. The molecule has 0 bridgehead atoms. The number of sulfonamides is 1. The van der Waals surface area contributed by atoms with Gasteiger partial charge >= 0.3 is 0 Å². The van der Waals surface area contributed by atoms with Gasteiger partial charge in [0, 0.05) is 32.7 Å². The molecule has 0 spiro atoms. The predicted molar refractivity (Wildman–Crippen MR) is 61.1 cm³/mol. The van der Waals surface area contributed by atoms with Crippen LogP contribution >= 0.6 is 0 Å². The average Bonchev–Trinajstić information content (AvgIpc) is 2.25. The van der Waals surface area contributed by atoms with E-state index >= 15 is 0 Å². The molecule has 0 radical (unpaired) electrons. The molecule has 92 valence electrons. The summed E-state index contributed by atoms with van der Waals surface area (Å²) in [6, 6.07) is 1.56. The Morgan fingerprint density at radius 2 is 1.94 bits per heavy atom. The summed E-state index contributed by atoms with van der Waals surface area (Å²) >= 11 is 0. The summed E-state index contributed by atoms with van der Waals surface area (Å²) in [5.41, 5.74) is 5.49. The van der Waals surface area contributed by atoms with Crippen LogP contribution in [-0.4, -0.2) is 62.6 Å². The van der Waals surface area contributed by atoms with Crippen molar-refractivity contribution in [2.75, 3.05) is 39.0 Å². The first-order valence-electron chi connectivity index (χ1n) is 5.26. The minimum Gasteiger partial charge on any atom is -0.316 e. The van der Waals surface area contributed by atoms with E-state index in [0.717, 1.165) is 6.54 Å². The highest BCUT2D eigenvalue weighted by Gasteiger charge is 2.23. The second-order valence-electron chi connectivity index (χ2n) is 4.03. The molecule has 0 aromatic rings. The second-order valence-corrected chi connectivity index (χ2v) is 6.01. The molecule has 2 N–H and O–H groups in total. The molecule has 1 fully saturated rings. The average molecular weight is 246 g/mol. The minimum absolute atomic E-state index is 0.423. The third-order valence-electron chi connectivity index (χ3n) is 2.72. The standard InChI is InChI=1S/C9H18N4O2S/c1-16(14,15)13-6-4-12(5-7-13)3-2-9(11)8-10/h9H,2-7,11H2,1H3. The molecule has 0 aromatic heterocycles. The Bertz CT molecular complexity index is 354. The van der Waals surface area contributed by atoms with E-state index in [1.807, 2.05) is 6.07 Å². The number of hydrogen-bond donors (Lipinski definition) is 1. The Kier molecular flexibility index (Phi) is 4.68. The highest BCUT2D eigenvalue weighted by Crippen LogP contribution is 2.06. The fraction of sp³-hybridized carbons (Fsp3) is 0.889. The molecule has 0 amide bonds. The van der Waals surface area contributed by atoms with E-state index in [1.54, 1.807) is 0 Å².